The average molecular weight is 635 g/mol. The number of hydrogen-bond acceptors (Lipinski definition) is 0. The Morgan fingerprint density at radius 1 is 0.280 bits per heavy atom. The minimum Gasteiger partial charge on any atom is -0.0761 e. The topological polar surface area (TPSA) is 0 Å². The molecule has 0 aromatic heterocycles. The van der Waals surface area contributed by atoms with Gasteiger partial charge in [0.1, 0.15) is 0 Å². The van der Waals surface area contributed by atoms with Gasteiger partial charge in [-0.3, -0.25) is 0 Å². The van der Waals surface area contributed by atoms with Crippen molar-refractivity contribution in [3.8, 4) is 22.3 Å². The fourth-order valence-electron chi connectivity index (χ4n) is 8.03. The Hall–Kier alpha value is -6.24. The summed E-state index contributed by atoms with van der Waals surface area (Å²) in [6.45, 7) is 0. The highest BCUT2D eigenvalue weighted by molar-refractivity contribution is 6.09. The maximum atomic E-state index is 2.43. The van der Waals surface area contributed by atoms with Gasteiger partial charge in [-0.1, -0.05) is 182 Å². The van der Waals surface area contributed by atoms with Crippen molar-refractivity contribution in [2.45, 2.75) is 0 Å². The van der Waals surface area contributed by atoms with Crippen LogP contribution in [-0.2, 0) is 0 Å². The first kappa shape index (κ1) is 28.7. The van der Waals surface area contributed by atoms with Gasteiger partial charge in [0, 0.05) is 11.8 Å². The van der Waals surface area contributed by atoms with Crippen LogP contribution in [0.25, 0.3) is 76.5 Å². The maximum absolute atomic E-state index is 2.43. The third-order valence-corrected chi connectivity index (χ3v) is 10.8. The Morgan fingerprint density at radius 2 is 0.660 bits per heavy atom. The molecule has 0 saturated heterocycles. The molecule has 0 bridgehead atoms. The summed E-state index contributed by atoms with van der Waals surface area (Å²) < 4.78 is 0. The number of fused-ring (bicyclic) bond motifs is 7. The van der Waals surface area contributed by atoms with E-state index in [0.29, 0.717) is 11.8 Å². The van der Waals surface area contributed by atoms with Crippen molar-refractivity contribution in [3.05, 3.63) is 205 Å². The molecular weight excluding hydrogens is 601 g/mol. The predicted molar refractivity (Wildman–Crippen MR) is 215 cm³/mol. The van der Waals surface area contributed by atoms with Crippen LogP contribution in [0, 0.1) is 11.8 Å². The molecular formula is C50H34. The lowest BCUT2D eigenvalue weighted by Crippen LogP contribution is -2.13. The molecule has 2 aliphatic rings. The Bertz CT molecular complexity index is 2730. The molecule has 8 aromatic carbocycles. The summed E-state index contributed by atoms with van der Waals surface area (Å²) in [6.07, 6.45) is 14.2. The van der Waals surface area contributed by atoms with E-state index in [-0.39, 0.29) is 0 Å². The van der Waals surface area contributed by atoms with E-state index in [9.17, 15) is 0 Å². The number of allylic oxidation sites excluding steroid dienone is 8. The predicted octanol–water partition coefficient (Wildman–Crippen LogP) is 13.5. The van der Waals surface area contributed by atoms with Gasteiger partial charge in [-0.2, -0.15) is 0 Å². The summed E-state index contributed by atoms with van der Waals surface area (Å²) in [5.74, 6) is 0.731. The quantitative estimate of drug-likeness (QED) is 0.169. The van der Waals surface area contributed by atoms with Crippen LogP contribution in [0.2, 0.25) is 0 Å². The highest BCUT2D eigenvalue weighted by atomic mass is 14.3. The molecule has 50 heavy (non-hydrogen) atoms. The number of hydrogen-bond donors (Lipinski definition) is 0. The molecule has 234 valence electrons. The van der Waals surface area contributed by atoms with Crippen LogP contribution < -0.4 is 0 Å². The maximum Gasteiger partial charge on any atom is 0.00571 e. The Labute approximate surface area is 292 Å². The van der Waals surface area contributed by atoms with Gasteiger partial charge in [-0.25, -0.2) is 0 Å². The van der Waals surface area contributed by atoms with Crippen molar-refractivity contribution < 1.29 is 0 Å². The fraction of sp³-hybridized carbons (Fsp3) is 0.0400. The minimum atomic E-state index is 0.365. The number of benzene rings is 8. The van der Waals surface area contributed by atoms with Crippen LogP contribution in [0.5, 0.6) is 0 Å². The molecule has 0 spiro atoms. The van der Waals surface area contributed by atoms with E-state index in [4.69, 9.17) is 0 Å². The van der Waals surface area contributed by atoms with Gasteiger partial charge in [-0.15, -0.1) is 0 Å². The molecule has 2 atom stereocenters. The zero-order valence-corrected chi connectivity index (χ0v) is 27.6. The normalized spacial score (nSPS) is 16.9. The standard InChI is InChI=1S/C50H34/c1-3-7-47-37(5-1)17-23-45-31-40(25-27-49(45)47)36-15-11-34(12-16-36)33-9-13-35(14-10-33)39-19-20-42-30-43(22-21-41(42)29-39)44-26-28-50-46(32-44)24-18-38-6-2-4-8-48(38)50/h1-32,41-42H. The van der Waals surface area contributed by atoms with E-state index in [1.807, 2.05) is 0 Å². The second-order valence-electron chi connectivity index (χ2n) is 13.7. The monoisotopic (exact) mass is 634 g/mol. The average Bonchev–Trinajstić information content (AvgIpc) is 3.20. The third-order valence-electron chi connectivity index (χ3n) is 10.8. The van der Waals surface area contributed by atoms with Crippen LogP contribution in [0.1, 0.15) is 11.1 Å². The summed E-state index contributed by atoms with van der Waals surface area (Å²) in [4.78, 5) is 0. The van der Waals surface area contributed by atoms with E-state index in [0.717, 1.165) is 0 Å². The summed E-state index contributed by atoms with van der Waals surface area (Å²) in [7, 11) is 0. The van der Waals surface area contributed by atoms with E-state index < -0.39 is 0 Å². The second-order valence-corrected chi connectivity index (χ2v) is 13.7. The molecule has 8 aromatic rings. The highest BCUT2D eigenvalue weighted by Gasteiger charge is 2.21. The molecule has 0 radical (unpaired) electrons. The van der Waals surface area contributed by atoms with Gasteiger partial charge in [0.2, 0.25) is 0 Å². The Morgan fingerprint density at radius 3 is 1.22 bits per heavy atom. The van der Waals surface area contributed by atoms with Crippen LogP contribution >= 0.6 is 0 Å². The van der Waals surface area contributed by atoms with Crippen LogP contribution in [-0.4, -0.2) is 0 Å². The van der Waals surface area contributed by atoms with Crippen molar-refractivity contribution in [2.24, 2.45) is 11.8 Å². The lowest BCUT2D eigenvalue weighted by atomic mass is 9.79. The molecule has 0 N–H and O–H groups in total. The van der Waals surface area contributed by atoms with Crippen LogP contribution in [0.15, 0.2) is 194 Å². The van der Waals surface area contributed by atoms with Crippen LogP contribution in [0.3, 0.4) is 0 Å². The molecule has 0 fully saturated rings. The summed E-state index contributed by atoms with van der Waals surface area (Å²) in [5, 5.41) is 10.4. The van der Waals surface area contributed by atoms with Gasteiger partial charge in [-0.05, 0) is 99.7 Å². The Balaban J connectivity index is 0.852. The molecule has 0 heterocycles. The zero-order chi connectivity index (χ0) is 33.0. The lowest BCUT2D eigenvalue weighted by Gasteiger charge is -2.26. The smallest absolute Gasteiger partial charge is 0.00571 e. The van der Waals surface area contributed by atoms with Gasteiger partial charge in [0.25, 0.3) is 0 Å². The van der Waals surface area contributed by atoms with Gasteiger partial charge >= 0.3 is 0 Å². The van der Waals surface area contributed by atoms with Crippen molar-refractivity contribution in [2.75, 3.05) is 0 Å². The summed E-state index contributed by atoms with van der Waals surface area (Å²) >= 11 is 0. The van der Waals surface area contributed by atoms with Gasteiger partial charge < -0.3 is 0 Å². The molecule has 0 saturated carbocycles. The highest BCUT2D eigenvalue weighted by Crippen LogP contribution is 2.38. The van der Waals surface area contributed by atoms with Gasteiger partial charge in [0.15, 0.2) is 0 Å². The van der Waals surface area contributed by atoms with E-state index >= 15 is 0 Å². The molecule has 2 aliphatic carbocycles. The van der Waals surface area contributed by atoms with Gasteiger partial charge in [0.05, 0.1) is 0 Å². The first-order valence-electron chi connectivity index (χ1n) is 17.6. The first-order chi connectivity index (χ1) is 24.7. The molecule has 0 nitrogen and oxygen atoms in total. The zero-order valence-electron chi connectivity index (χ0n) is 27.6. The molecule has 0 heteroatoms. The summed E-state index contributed by atoms with van der Waals surface area (Å²) in [5.41, 5.74) is 10.1. The van der Waals surface area contributed by atoms with E-state index in [1.54, 1.807) is 0 Å². The molecule has 2 unspecified atom stereocenters. The van der Waals surface area contributed by atoms with E-state index in [2.05, 4.69) is 194 Å². The summed E-state index contributed by atoms with van der Waals surface area (Å²) in [6, 6.07) is 57.9. The molecule has 0 amide bonds. The van der Waals surface area contributed by atoms with Crippen molar-refractivity contribution in [1.29, 1.82) is 0 Å². The molecule has 10 rings (SSSR count). The van der Waals surface area contributed by atoms with Crippen molar-refractivity contribution in [1.82, 2.24) is 0 Å². The Kier molecular flexibility index (Phi) is 6.74. The SMILES string of the molecule is C1=CC2C=C(c3ccc4c(ccc5ccccc54)c3)C=CC2C=C1c1ccc(-c2ccc(-c3ccc4c(ccc5ccccc54)c3)cc2)cc1. The van der Waals surface area contributed by atoms with Crippen molar-refractivity contribution >= 4 is 54.2 Å². The second kappa shape index (κ2) is 11.7. The van der Waals surface area contributed by atoms with Crippen LogP contribution in [0.4, 0.5) is 0 Å². The minimum absolute atomic E-state index is 0.365. The number of rotatable bonds is 4. The third kappa shape index (κ3) is 5.00. The van der Waals surface area contributed by atoms with E-state index in [1.165, 1.54) is 87.6 Å². The largest absolute Gasteiger partial charge is 0.0761 e. The molecule has 0 aliphatic heterocycles. The first-order valence-corrected chi connectivity index (χ1v) is 17.6. The lowest BCUT2D eigenvalue weighted by molar-refractivity contribution is 0.665. The fourth-order valence-corrected chi connectivity index (χ4v) is 8.03. The van der Waals surface area contributed by atoms with Crippen molar-refractivity contribution in [3.63, 3.8) is 0 Å².